The molecule has 2 aromatic rings. The Kier molecular flexibility index (Phi) is 5.55. The fourth-order valence-corrected chi connectivity index (χ4v) is 2.16. The maximum Gasteiger partial charge on any atom is 0.414 e. The van der Waals surface area contributed by atoms with E-state index in [1.54, 1.807) is 14.1 Å². The first-order valence-corrected chi connectivity index (χ1v) is 7.26. The minimum Gasteiger partial charge on any atom is -0.410 e. The van der Waals surface area contributed by atoms with Crippen molar-refractivity contribution in [2.45, 2.75) is 13.1 Å². The van der Waals surface area contributed by atoms with Gasteiger partial charge in [-0.05, 0) is 18.7 Å². The van der Waals surface area contributed by atoms with E-state index in [-0.39, 0.29) is 6.09 Å². The molecule has 0 saturated carbocycles. The summed E-state index contributed by atoms with van der Waals surface area (Å²) in [4.78, 5) is 15.3. The molecule has 0 spiro atoms. The van der Waals surface area contributed by atoms with Gasteiger partial charge in [0.2, 0.25) is 0 Å². The van der Waals surface area contributed by atoms with E-state index in [1.165, 1.54) is 10.5 Å². The monoisotopic (exact) mass is 298 g/mol. The van der Waals surface area contributed by atoms with Gasteiger partial charge in [-0.1, -0.05) is 48.5 Å². The highest BCUT2D eigenvalue weighted by atomic mass is 16.6. The van der Waals surface area contributed by atoms with Crippen LogP contribution >= 0.6 is 0 Å². The Bertz CT molecular complexity index is 611. The molecule has 0 heterocycles. The molecule has 4 heteroatoms. The topological polar surface area (TPSA) is 32.8 Å². The minimum atomic E-state index is -0.363. The highest BCUT2D eigenvalue weighted by Crippen LogP contribution is 2.20. The molecule has 0 aromatic heterocycles. The van der Waals surface area contributed by atoms with E-state index in [0.29, 0.717) is 12.3 Å². The van der Waals surface area contributed by atoms with Crippen molar-refractivity contribution >= 4 is 6.09 Å². The number of hydrogen-bond donors (Lipinski definition) is 0. The van der Waals surface area contributed by atoms with Gasteiger partial charge in [0.15, 0.2) is 0 Å². The lowest BCUT2D eigenvalue weighted by Gasteiger charge is -2.19. The van der Waals surface area contributed by atoms with Crippen molar-refractivity contribution < 1.29 is 9.53 Å². The molecule has 0 fully saturated rings. The number of carbonyl (C=O) groups is 1. The summed E-state index contributed by atoms with van der Waals surface area (Å²) < 4.78 is 5.42. The number of hydrogen-bond acceptors (Lipinski definition) is 3. The van der Waals surface area contributed by atoms with E-state index in [9.17, 15) is 4.79 Å². The first-order chi connectivity index (χ1) is 10.6. The largest absolute Gasteiger partial charge is 0.414 e. The average molecular weight is 298 g/mol. The van der Waals surface area contributed by atoms with E-state index in [0.717, 1.165) is 12.1 Å². The van der Waals surface area contributed by atoms with Crippen LogP contribution in [0.15, 0.2) is 54.6 Å². The molecule has 2 aromatic carbocycles. The van der Waals surface area contributed by atoms with Gasteiger partial charge in [0.25, 0.3) is 0 Å². The lowest BCUT2D eigenvalue weighted by atomic mass is 10.1. The summed E-state index contributed by atoms with van der Waals surface area (Å²) in [5.41, 5.74) is 2.25. The van der Waals surface area contributed by atoms with E-state index >= 15 is 0 Å². The summed E-state index contributed by atoms with van der Waals surface area (Å²) in [6.07, 6.45) is -0.363. The molecule has 0 aliphatic carbocycles. The van der Waals surface area contributed by atoms with Gasteiger partial charge in [0.05, 0.1) is 0 Å². The Morgan fingerprint density at radius 3 is 2.23 bits per heavy atom. The molecule has 0 radical (unpaired) electrons. The number of para-hydroxylation sites is 1. The standard InChI is InChI=1S/C18H22N2O2/c1-19(2)18(21)22-17-12-8-7-11-16(17)14-20(3)13-15-9-5-4-6-10-15/h4-12H,13-14H2,1-3H3. The van der Waals surface area contributed by atoms with Gasteiger partial charge >= 0.3 is 6.09 Å². The van der Waals surface area contributed by atoms with Gasteiger partial charge in [-0.3, -0.25) is 4.90 Å². The zero-order valence-corrected chi connectivity index (χ0v) is 13.3. The van der Waals surface area contributed by atoms with Crippen LogP contribution in [0.1, 0.15) is 11.1 Å². The van der Waals surface area contributed by atoms with Crippen molar-refractivity contribution in [2.75, 3.05) is 21.1 Å². The molecule has 4 nitrogen and oxygen atoms in total. The van der Waals surface area contributed by atoms with Crippen molar-refractivity contribution in [3.8, 4) is 5.75 Å². The van der Waals surface area contributed by atoms with Crippen LogP contribution in [0, 0.1) is 0 Å². The SMILES string of the molecule is CN(Cc1ccccc1)Cc1ccccc1OC(=O)N(C)C. The highest BCUT2D eigenvalue weighted by molar-refractivity contribution is 5.70. The third-order valence-corrected chi connectivity index (χ3v) is 3.27. The van der Waals surface area contributed by atoms with Crippen LogP contribution in [-0.4, -0.2) is 37.0 Å². The second-order valence-electron chi connectivity index (χ2n) is 5.53. The van der Waals surface area contributed by atoms with E-state index in [4.69, 9.17) is 4.74 Å². The Morgan fingerprint density at radius 1 is 0.909 bits per heavy atom. The molecule has 0 aliphatic heterocycles. The lowest BCUT2D eigenvalue weighted by molar-refractivity contribution is 0.170. The van der Waals surface area contributed by atoms with Crippen LogP contribution in [0.4, 0.5) is 4.79 Å². The first kappa shape index (κ1) is 16.0. The van der Waals surface area contributed by atoms with E-state index < -0.39 is 0 Å². The van der Waals surface area contributed by atoms with Gasteiger partial charge in [-0.15, -0.1) is 0 Å². The third kappa shape index (κ3) is 4.60. The zero-order valence-electron chi connectivity index (χ0n) is 13.3. The minimum absolute atomic E-state index is 0.363. The van der Waals surface area contributed by atoms with Gasteiger partial charge in [0.1, 0.15) is 5.75 Å². The van der Waals surface area contributed by atoms with Gasteiger partial charge in [-0.2, -0.15) is 0 Å². The number of nitrogens with zero attached hydrogens (tertiary/aromatic N) is 2. The molecule has 0 atom stereocenters. The second-order valence-corrected chi connectivity index (χ2v) is 5.53. The predicted molar refractivity (Wildman–Crippen MR) is 87.8 cm³/mol. The summed E-state index contributed by atoms with van der Waals surface area (Å²) in [6.45, 7) is 1.56. The van der Waals surface area contributed by atoms with Crippen LogP contribution in [0.3, 0.4) is 0 Å². The molecular weight excluding hydrogens is 276 g/mol. The smallest absolute Gasteiger partial charge is 0.410 e. The average Bonchev–Trinajstić information content (AvgIpc) is 2.50. The Hall–Kier alpha value is -2.33. The van der Waals surface area contributed by atoms with E-state index in [2.05, 4.69) is 24.1 Å². The van der Waals surface area contributed by atoms with Crippen molar-refractivity contribution in [1.82, 2.24) is 9.80 Å². The fourth-order valence-electron chi connectivity index (χ4n) is 2.16. The number of amides is 1. The van der Waals surface area contributed by atoms with Crippen molar-refractivity contribution in [3.63, 3.8) is 0 Å². The van der Waals surface area contributed by atoms with Crippen LogP contribution in [0.25, 0.3) is 0 Å². The molecule has 2 rings (SSSR count). The molecule has 22 heavy (non-hydrogen) atoms. The lowest BCUT2D eigenvalue weighted by Crippen LogP contribution is -2.26. The first-order valence-electron chi connectivity index (χ1n) is 7.26. The van der Waals surface area contributed by atoms with Crippen molar-refractivity contribution in [3.05, 3.63) is 65.7 Å². The van der Waals surface area contributed by atoms with E-state index in [1.807, 2.05) is 42.5 Å². The number of ether oxygens (including phenoxy) is 1. The number of carbonyl (C=O) groups excluding carboxylic acids is 1. The van der Waals surface area contributed by atoms with Gasteiger partial charge in [-0.25, -0.2) is 4.79 Å². The predicted octanol–water partition coefficient (Wildman–Crippen LogP) is 3.38. The van der Waals surface area contributed by atoms with Crippen LogP contribution in [0.5, 0.6) is 5.75 Å². The molecule has 116 valence electrons. The summed E-state index contributed by atoms with van der Waals surface area (Å²) in [7, 11) is 5.40. The Balaban J connectivity index is 2.04. The number of rotatable bonds is 5. The highest BCUT2D eigenvalue weighted by Gasteiger charge is 2.12. The van der Waals surface area contributed by atoms with Crippen molar-refractivity contribution in [2.24, 2.45) is 0 Å². The molecule has 1 amide bonds. The van der Waals surface area contributed by atoms with Crippen molar-refractivity contribution in [1.29, 1.82) is 0 Å². The fraction of sp³-hybridized carbons (Fsp3) is 0.278. The Morgan fingerprint density at radius 2 is 1.55 bits per heavy atom. The quantitative estimate of drug-likeness (QED) is 0.848. The van der Waals surface area contributed by atoms with Gasteiger partial charge in [0, 0.05) is 32.7 Å². The Labute approximate surface area is 131 Å². The van der Waals surface area contributed by atoms with Crippen LogP contribution in [0.2, 0.25) is 0 Å². The molecule has 0 bridgehead atoms. The maximum absolute atomic E-state index is 11.7. The molecular formula is C18H22N2O2. The van der Waals surface area contributed by atoms with Crippen LogP contribution < -0.4 is 4.74 Å². The summed E-state index contributed by atoms with van der Waals surface area (Å²) in [5, 5.41) is 0. The molecule has 0 aliphatic rings. The number of benzene rings is 2. The third-order valence-electron chi connectivity index (χ3n) is 3.27. The molecule has 0 N–H and O–H groups in total. The second kappa shape index (κ2) is 7.61. The van der Waals surface area contributed by atoms with Gasteiger partial charge < -0.3 is 9.64 Å². The molecule has 0 unspecified atom stereocenters. The zero-order chi connectivity index (χ0) is 15.9. The molecule has 0 saturated heterocycles. The normalized spacial score (nSPS) is 10.5. The maximum atomic E-state index is 11.7. The summed E-state index contributed by atoms with van der Waals surface area (Å²) in [5.74, 6) is 0.612. The summed E-state index contributed by atoms with van der Waals surface area (Å²) >= 11 is 0. The van der Waals surface area contributed by atoms with Crippen LogP contribution in [-0.2, 0) is 13.1 Å². The summed E-state index contributed by atoms with van der Waals surface area (Å²) in [6, 6.07) is 17.9.